The van der Waals surface area contributed by atoms with Gasteiger partial charge in [0.1, 0.15) is 5.82 Å². The second-order valence-corrected chi connectivity index (χ2v) is 6.54. The van der Waals surface area contributed by atoms with Crippen molar-refractivity contribution in [3.05, 3.63) is 53.8 Å². The summed E-state index contributed by atoms with van der Waals surface area (Å²) in [6.07, 6.45) is 0.641. The lowest BCUT2D eigenvalue weighted by Crippen LogP contribution is -2.65. The molecule has 2 aromatic rings. The van der Waals surface area contributed by atoms with Crippen LogP contribution in [0.25, 0.3) is 0 Å². The molecule has 0 saturated carbocycles. The number of fused-ring (bicyclic) bond motifs is 4. The van der Waals surface area contributed by atoms with E-state index in [1.54, 1.807) is 30.2 Å². The first-order valence-electron chi connectivity index (χ1n) is 7.75. The molecule has 0 aromatic heterocycles. The maximum absolute atomic E-state index is 14.4. The summed E-state index contributed by atoms with van der Waals surface area (Å²) in [4.78, 5) is 1.71. The number of ether oxygens (including phenoxy) is 2. The zero-order valence-corrected chi connectivity index (χ0v) is 14.2. The van der Waals surface area contributed by atoms with E-state index in [4.69, 9.17) is 21.7 Å². The van der Waals surface area contributed by atoms with Crippen LogP contribution < -0.4 is 19.7 Å². The molecule has 4 nitrogen and oxygen atoms in total. The van der Waals surface area contributed by atoms with Crippen LogP contribution >= 0.6 is 12.2 Å². The highest BCUT2D eigenvalue weighted by molar-refractivity contribution is 7.80. The van der Waals surface area contributed by atoms with Crippen LogP contribution in [0.2, 0.25) is 0 Å². The quantitative estimate of drug-likeness (QED) is 0.839. The standard InChI is InChI=1S/C18H17FN2O2S/c1-18-10-13(11-6-5-9-15(22-2)16(11)23-18)20-17(24)21(18)14-8-4-3-7-12(14)19/h3-9,13H,10H2,1-2H3,(H,20,24)/t13-,18-/m0/s1. The van der Waals surface area contributed by atoms with Gasteiger partial charge in [0.05, 0.1) is 18.8 Å². The molecule has 0 unspecified atom stereocenters. The lowest BCUT2D eigenvalue weighted by Gasteiger charge is -2.52. The molecule has 1 saturated heterocycles. The number of methoxy groups -OCH3 is 1. The summed E-state index contributed by atoms with van der Waals surface area (Å²) in [5.74, 6) is 0.998. The van der Waals surface area contributed by atoms with Gasteiger partial charge in [0.2, 0.25) is 0 Å². The van der Waals surface area contributed by atoms with Gasteiger partial charge >= 0.3 is 0 Å². The molecule has 2 aromatic carbocycles. The fraction of sp³-hybridized carbons (Fsp3) is 0.278. The summed E-state index contributed by atoms with van der Waals surface area (Å²) in [5, 5.41) is 3.76. The summed E-state index contributed by atoms with van der Waals surface area (Å²) < 4.78 is 26.1. The van der Waals surface area contributed by atoms with Crippen LogP contribution in [-0.2, 0) is 0 Å². The van der Waals surface area contributed by atoms with Crippen molar-refractivity contribution in [1.29, 1.82) is 0 Å². The maximum atomic E-state index is 14.4. The van der Waals surface area contributed by atoms with Gasteiger partial charge in [-0.1, -0.05) is 24.3 Å². The number of hydrogen-bond donors (Lipinski definition) is 1. The van der Waals surface area contributed by atoms with Crippen LogP contribution in [0.3, 0.4) is 0 Å². The molecule has 2 aliphatic rings. The van der Waals surface area contributed by atoms with Crippen molar-refractivity contribution in [2.75, 3.05) is 12.0 Å². The monoisotopic (exact) mass is 344 g/mol. The van der Waals surface area contributed by atoms with Gasteiger partial charge < -0.3 is 14.8 Å². The smallest absolute Gasteiger partial charge is 0.188 e. The molecule has 124 valence electrons. The maximum Gasteiger partial charge on any atom is 0.188 e. The predicted octanol–water partition coefficient (Wildman–Crippen LogP) is 3.77. The average Bonchev–Trinajstić information content (AvgIpc) is 2.55. The number of rotatable bonds is 2. The number of nitrogens with zero attached hydrogens (tertiary/aromatic N) is 1. The summed E-state index contributed by atoms with van der Waals surface area (Å²) >= 11 is 5.52. The van der Waals surface area contributed by atoms with Gasteiger partial charge in [-0.15, -0.1) is 0 Å². The van der Waals surface area contributed by atoms with E-state index in [0.717, 1.165) is 5.56 Å². The molecule has 4 rings (SSSR count). The first kappa shape index (κ1) is 15.2. The van der Waals surface area contributed by atoms with Crippen molar-refractivity contribution in [3.63, 3.8) is 0 Å². The number of hydrogen-bond acceptors (Lipinski definition) is 3. The van der Waals surface area contributed by atoms with Crippen LogP contribution in [-0.4, -0.2) is 17.9 Å². The predicted molar refractivity (Wildman–Crippen MR) is 94.0 cm³/mol. The number of thiocarbonyl (C=S) groups is 1. The minimum atomic E-state index is -0.795. The van der Waals surface area contributed by atoms with Crippen molar-refractivity contribution < 1.29 is 13.9 Å². The Morgan fingerprint density at radius 2 is 2.08 bits per heavy atom. The van der Waals surface area contributed by atoms with E-state index >= 15 is 0 Å². The van der Waals surface area contributed by atoms with E-state index in [9.17, 15) is 4.39 Å². The molecule has 2 heterocycles. The number of para-hydroxylation sites is 2. The second kappa shape index (κ2) is 5.34. The molecule has 0 aliphatic carbocycles. The lowest BCUT2D eigenvalue weighted by atomic mass is 9.90. The molecular formula is C18H17FN2O2S. The van der Waals surface area contributed by atoms with Gasteiger partial charge in [0, 0.05) is 12.0 Å². The molecule has 2 aliphatic heterocycles. The van der Waals surface area contributed by atoms with Crippen LogP contribution in [0, 0.1) is 5.82 Å². The molecule has 6 heteroatoms. The first-order chi connectivity index (χ1) is 11.5. The second-order valence-electron chi connectivity index (χ2n) is 6.15. The SMILES string of the molecule is COc1cccc2c1O[C@@]1(C)C[C@@H]2NC(=S)N1c1ccccc1F. The number of anilines is 1. The van der Waals surface area contributed by atoms with Gasteiger partial charge in [-0.3, -0.25) is 4.90 Å². The van der Waals surface area contributed by atoms with Crippen molar-refractivity contribution in [1.82, 2.24) is 5.32 Å². The minimum absolute atomic E-state index is 0.00405. The highest BCUT2D eigenvalue weighted by atomic mass is 32.1. The molecule has 0 spiro atoms. The lowest BCUT2D eigenvalue weighted by molar-refractivity contribution is 0.0459. The van der Waals surface area contributed by atoms with Gasteiger partial charge in [-0.2, -0.15) is 0 Å². The molecule has 2 bridgehead atoms. The van der Waals surface area contributed by atoms with Crippen molar-refractivity contribution >= 4 is 23.0 Å². The zero-order chi connectivity index (χ0) is 16.9. The summed E-state index contributed by atoms with van der Waals surface area (Å²) in [6, 6.07) is 12.4. The molecule has 2 atom stereocenters. The fourth-order valence-electron chi connectivity index (χ4n) is 3.52. The van der Waals surface area contributed by atoms with E-state index in [1.165, 1.54) is 6.07 Å². The average molecular weight is 344 g/mol. The van der Waals surface area contributed by atoms with Crippen molar-refractivity contribution in [2.45, 2.75) is 25.1 Å². The zero-order valence-electron chi connectivity index (χ0n) is 13.4. The molecular weight excluding hydrogens is 327 g/mol. The minimum Gasteiger partial charge on any atom is -0.493 e. The van der Waals surface area contributed by atoms with Crippen molar-refractivity contribution in [2.24, 2.45) is 0 Å². The van der Waals surface area contributed by atoms with E-state index in [2.05, 4.69) is 5.32 Å². The number of benzene rings is 2. The number of nitrogens with one attached hydrogen (secondary N) is 1. The largest absolute Gasteiger partial charge is 0.493 e. The highest BCUT2D eigenvalue weighted by Crippen LogP contribution is 2.49. The molecule has 0 radical (unpaired) electrons. The van der Waals surface area contributed by atoms with E-state index in [1.807, 2.05) is 25.1 Å². The Hall–Kier alpha value is -2.34. The van der Waals surface area contributed by atoms with E-state index in [0.29, 0.717) is 28.7 Å². The Labute approximate surface area is 145 Å². The van der Waals surface area contributed by atoms with E-state index in [-0.39, 0.29) is 11.9 Å². The third-order valence-electron chi connectivity index (χ3n) is 4.58. The van der Waals surface area contributed by atoms with Crippen LogP contribution in [0.4, 0.5) is 10.1 Å². The Morgan fingerprint density at radius 3 is 2.83 bits per heavy atom. The summed E-state index contributed by atoms with van der Waals surface area (Å²) in [7, 11) is 1.61. The van der Waals surface area contributed by atoms with Crippen LogP contribution in [0.5, 0.6) is 11.5 Å². The topological polar surface area (TPSA) is 33.7 Å². The fourth-order valence-corrected chi connectivity index (χ4v) is 3.95. The summed E-state index contributed by atoms with van der Waals surface area (Å²) in [5.41, 5.74) is 0.605. The molecule has 1 N–H and O–H groups in total. The number of halogens is 1. The third kappa shape index (κ3) is 2.13. The van der Waals surface area contributed by atoms with E-state index < -0.39 is 5.72 Å². The van der Waals surface area contributed by atoms with Crippen LogP contribution in [0.15, 0.2) is 42.5 Å². The Balaban J connectivity index is 1.85. The third-order valence-corrected chi connectivity index (χ3v) is 4.88. The Morgan fingerprint density at radius 1 is 1.29 bits per heavy atom. The van der Waals surface area contributed by atoms with Gasteiger partial charge in [-0.25, -0.2) is 4.39 Å². The Bertz CT molecular complexity index is 828. The Kier molecular flexibility index (Phi) is 3.38. The molecule has 24 heavy (non-hydrogen) atoms. The van der Waals surface area contributed by atoms with Gasteiger partial charge in [0.25, 0.3) is 0 Å². The van der Waals surface area contributed by atoms with Crippen molar-refractivity contribution in [3.8, 4) is 11.5 Å². The first-order valence-corrected chi connectivity index (χ1v) is 8.15. The molecule has 1 fully saturated rings. The molecule has 0 amide bonds. The van der Waals surface area contributed by atoms with Gasteiger partial charge in [0.15, 0.2) is 22.3 Å². The summed E-state index contributed by atoms with van der Waals surface area (Å²) in [6.45, 7) is 1.93. The normalized spacial score (nSPS) is 24.7. The van der Waals surface area contributed by atoms with Crippen LogP contribution in [0.1, 0.15) is 24.9 Å². The highest BCUT2D eigenvalue weighted by Gasteiger charge is 2.49. The van der Waals surface area contributed by atoms with Gasteiger partial charge in [-0.05, 0) is 37.3 Å².